The number of hydrogen-bond donors (Lipinski definition) is 1. The summed E-state index contributed by atoms with van der Waals surface area (Å²) in [7, 11) is 0. The molecule has 1 unspecified atom stereocenters. The first kappa shape index (κ1) is 15.0. The second-order valence-electron chi connectivity index (χ2n) is 6.94. The first-order chi connectivity index (χ1) is 10.2. The summed E-state index contributed by atoms with van der Waals surface area (Å²) in [5.41, 5.74) is 1.16. The average Bonchev–Trinajstić information content (AvgIpc) is 2.89. The number of benzene rings is 1. The lowest BCUT2D eigenvalue weighted by Gasteiger charge is -2.37. The van der Waals surface area contributed by atoms with Gasteiger partial charge in [0.25, 0.3) is 0 Å². The summed E-state index contributed by atoms with van der Waals surface area (Å²) in [6, 6.07) is 7.72. The lowest BCUT2D eigenvalue weighted by Crippen LogP contribution is -2.43. The Hall–Kier alpha value is -0.930. The molecule has 0 radical (unpaired) electrons. The zero-order chi connectivity index (χ0) is 14.7. The average molecular weight is 290 g/mol. The number of nitrogens with zero attached hydrogens (tertiary/aromatic N) is 1. The minimum Gasteiger partial charge on any atom is -0.314 e. The maximum Gasteiger partial charge on any atom is 0.123 e. The van der Waals surface area contributed by atoms with Crippen LogP contribution in [0.2, 0.25) is 0 Å². The van der Waals surface area contributed by atoms with Gasteiger partial charge < -0.3 is 10.2 Å². The highest BCUT2D eigenvalue weighted by Gasteiger charge is 2.30. The van der Waals surface area contributed by atoms with Crippen LogP contribution in [0.25, 0.3) is 0 Å². The summed E-state index contributed by atoms with van der Waals surface area (Å²) in [6.07, 6.45) is 5.05. The molecule has 0 amide bonds. The van der Waals surface area contributed by atoms with Gasteiger partial charge in [0.05, 0.1) is 0 Å². The molecule has 0 aromatic heterocycles. The molecule has 1 atom stereocenters. The highest BCUT2D eigenvalue weighted by atomic mass is 19.1. The molecule has 3 heteroatoms. The van der Waals surface area contributed by atoms with E-state index in [2.05, 4.69) is 23.2 Å². The molecule has 1 aromatic carbocycles. The van der Waals surface area contributed by atoms with Crippen molar-refractivity contribution in [3.8, 4) is 0 Å². The van der Waals surface area contributed by atoms with Crippen molar-refractivity contribution in [1.29, 1.82) is 0 Å². The van der Waals surface area contributed by atoms with Gasteiger partial charge in [-0.3, -0.25) is 0 Å². The fraction of sp³-hybridized carbons (Fsp3) is 0.667. The minimum atomic E-state index is -0.108. The molecule has 1 N–H and O–H groups in total. The molecular formula is C18H27FN2. The molecule has 3 rings (SSSR count). The Morgan fingerprint density at radius 2 is 2.05 bits per heavy atom. The van der Waals surface area contributed by atoms with Gasteiger partial charge in [0.1, 0.15) is 5.82 Å². The summed E-state index contributed by atoms with van der Waals surface area (Å²) in [6.45, 7) is 7.25. The van der Waals surface area contributed by atoms with Crippen molar-refractivity contribution in [2.75, 3.05) is 26.2 Å². The van der Waals surface area contributed by atoms with Crippen molar-refractivity contribution < 1.29 is 4.39 Å². The van der Waals surface area contributed by atoms with Crippen LogP contribution in [-0.2, 0) is 0 Å². The van der Waals surface area contributed by atoms with E-state index in [-0.39, 0.29) is 5.82 Å². The predicted octanol–water partition coefficient (Wildman–Crippen LogP) is 3.39. The van der Waals surface area contributed by atoms with Crippen LogP contribution in [0.5, 0.6) is 0 Å². The smallest absolute Gasteiger partial charge is 0.123 e. The molecule has 21 heavy (non-hydrogen) atoms. The largest absolute Gasteiger partial charge is 0.314 e. The Morgan fingerprint density at radius 1 is 1.29 bits per heavy atom. The third-order valence-electron chi connectivity index (χ3n) is 4.98. The fourth-order valence-electron chi connectivity index (χ4n) is 3.66. The van der Waals surface area contributed by atoms with Crippen LogP contribution in [0, 0.1) is 11.7 Å². The molecule has 1 aliphatic carbocycles. The van der Waals surface area contributed by atoms with Gasteiger partial charge in [0.15, 0.2) is 0 Å². The quantitative estimate of drug-likeness (QED) is 0.864. The Morgan fingerprint density at radius 3 is 2.76 bits per heavy atom. The number of nitrogens with one attached hydrogen (secondary N) is 1. The maximum atomic E-state index is 13.2. The van der Waals surface area contributed by atoms with Crippen molar-refractivity contribution >= 4 is 0 Å². The Balaban J connectivity index is 1.35. The molecule has 2 nitrogen and oxygen atoms in total. The van der Waals surface area contributed by atoms with Crippen molar-refractivity contribution in [3.63, 3.8) is 0 Å². The summed E-state index contributed by atoms with van der Waals surface area (Å²) in [5.74, 6) is 1.16. The number of rotatable bonds is 6. The number of likely N-dealkylation sites (tertiary alicyclic amines) is 1. The molecule has 1 saturated heterocycles. The van der Waals surface area contributed by atoms with E-state index in [4.69, 9.17) is 0 Å². The van der Waals surface area contributed by atoms with Gasteiger partial charge in [-0.15, -0.1) is 0 Å². The van der Waals surface area contributed by atoms with E-state index >= 15 is 0 Å². The molecule has 1 aromatic rings. The highest BCUT2D eigenvalue weighted by molar-refractivity contribution is 5.23. The fourth-order valence-corrected chi connectivity index (χ4v) is 3.66. The molecule has 0 bridgehead atoms. The minimum absolute atomic E-state index is 0.108. The summed E-state index contributed by atoms with van der Waals surface area (Å²) >= 11 is 0. The summed E-state index contributed by atoms with van der Waals surface area (Å²) in [5, 5.41) is 3.69. The van der Waals surface area contributed by atoms with Gasteiger partial charge in [-0.2, -0.15) is 0 Å². The van der Waals surface area contributed by atoms with E-state index in [9.17, 15) is 4.39 Å². The van der Waals surface area contributed by atoms with Crippen molar-refractivity contribution in [1.82, 2.24) is 10.2 Å². The zero-order valence-corrected chi connectivity index (χ0v) is 13.0. The van der Waals surface area contributed by atoms with E-state index in [1.165, 1.54) is 38.5 Å². The number of hydrogen-bond acceptors (Lipinski definition) is 2. The van der Waals surface area contributed by atoms with Gasteiger partial charge in [-0.1, -0.05) is 19.1 Å². The Bertz CT molecular complexity index is 450. The second kappa shape index (κ2) is 6.89. The molecule has 1 saturated carbocycles. The monoisotopic (exact) mass is 290 g/mol. The van der Waals surface area contributed by atoms with Gasteiger partial charge in [0.2, 0.25) is 0 Å². The predicted molar refractivity (Wildman–Crippen MR) is 85.0 cm³/mol. The Labute approximate surface area is 127 Å². The van der Waals surface area contributed by atoms with Crippen molar-refractivity contribution in [3.05, 3.63) is 35.6 Å². The van der Waals surface area contributed by atoms with E-state index in [0.717, 1.165) is 30.9 Å². The van der Waals surface area contributed by atoms with Gasteiger partial charge in [-0.25, -0.2) is 4.39 Å². The maximum absolute atomic E-state index is 13.2. The van der Waals surface area contributed by atoms with Crippen LogP contribution in [0.3, 0.4) is 0 Å². The molecule has 116 valence electrons. The second-order valence-corrected chi connectivity index (χ2v) is 6.94. The molecular weight excluding hydrogens is 263 g/mol. The topological polar surface area (TPSA) is 15.3 Å². The molecule has 2 aliphatic rings. The van der Waals surface area contributed by atoms with Crippen LogP contribution in [0.15, 0.2) is 24.3 Å². The van der Waals surface area contributed by atoms with Crippen LogP contribution in [0.4, 0.5) is 4.39 Å². The molecule has 1 heterocycles. The van der Waals surface area contributed by atoms with E-state index < -0.39 is 0 Å². The van der Waals surface area contributed by atoms with E-state index in [1.807, 2.05) is 6.07 Å². The zero-order valence-electron chi connectivity index (χ0n) is 13.0. The lowest BCUT2D eigenvalue weighted by molar-refractivity contribution is 0.245. The Kier molecular flexibility index (Phi) is 4.91. The van der Waals surface area contributed by atoms with Crippen LogP contribution < -0.4 is 5.32 Å². The number of halogens is 1. The van der Waals surface area contributed by atoms with Gasteiger partial charge in [-0.05, 0) is 74.8 Å². The molecule has 2 fully saturated rings. The SMILES string of the molecule is CC(CNC1CC(c2cccc(F)c2)C1)CN1CCCC1. The lowest BCUT2D eigenvalue weighted by atomic mass is 9.76. The van der Waals surface area contributed by atoms with Crippen LogP contribution in [0.1, 0.15) is 44.1 Å². The summed E-state index contributed by atoms with van der Waals surface area (Å²) in [4.78, 5) is 2.59. The first-order valence-electron chi connectivity index (χ1n) is 8.42. The standard InChI is InChI=1S/C18H27FN2/c1-14(13-21-7-2-3-8-21)12-20-18-10-16(11-18)15-5-4-6-17(19)9-15/h4-6,9,14,16,18,20H,2-3,7-8,10-13H2,1H3. The normalized spacial score (nSPS) is 27.5. The van der Waals surface area contributed by atoms with Crippen molar-refractivity contribution in [2.45, 2.75) is 44.6 Å². The third kappa shape index (κ3) is 4.04. The van der Waals surface area contributed by atoms with Crippen LogP contribution >= 0.6 is 0 Å². The molecule has 1 aliphatic heterocycles. The van der Waals surface area contributed by atoms with E-state index in [1.54, 1.807) is 6.07 Å². The summed E-state index contributed by atoms with van der Waals surface area (Å²) < 4.78 is 13.2. The molecule has 0 spiro atoms. The van der Waals surface area contributed by atoms with Gasteiger partial charge >= 0.3 is 0 Å². The first-order valence-corrected chi connectivity index (χ1v) is 8.42. The third-order valence-corrected chi connectivity index (χ3v) is 4.98. The van der Waals surface area contributed by atoms with Crippen molar-refractivity contribution in [2.24, 2.45) is 5.92 Å². The highest BCUT2D eigenvalue weighted by Crippen LogP contribution is 2.37. The van der Waals surface area contributed by atoms with Gasteiger partial charge in [0, 0.05) is 12.6 Å². The van der Waals surface area contributed by atoms with E-state index in [0.29, 0.717) is 12.0 Å². The van der Waals surface area contributed by atoms with Crippen LogP contribution in [-0.4, -0.2) is 37.1 Å².